The molecule has 20 heavy (non-hydrogen) atoms. The summed E-state index contributed by atoms with van der Waals surface area (Å²) in [5.41, 5.74) is 7.29. The van der Waals surface area contributed by atoms with E-state index in [1.165, 1.54) is 19.3 Å². The first kappa shape index (κ1) is 14.7. The zero-order chi connectivity index (χ0) is 14.5. The predicted octanol–water partition coefficient (Wildman–Crippen LogP) is 3.21. The van der Waals surface area contributed by atoms with Crippen molar-refractivity contribution >= 4 is 17.3 Å². The number of nitrogens with zero attached hydrogens (tertiary/aromatic N) is 1. The predicted molar refractivity (Wildman–Crippen MR) is 82.0 cm³/mol. The molecule has 1 unspecified atom stereocenters. The van der Waals surface area contributed by atoms with Gasteiger partial charge in [0.2, 0.25) is 0 Å². The Morgan fingerprint density at radius 1 is 1.40 bits per heavy atom. The van der Waals surface area contributed by atoms with E-state index in [2.05, 4.69) is 13.8 Å². The van der Waals surface area contributed by atoms with Gasteiger partial charge in [-0.1, -0.05) is 33.1 Å². The van der Waals surface area contributed by atoms with Crippen LogP contribution in [0.5, 0.6) is 5.75 Å². The number of carbonyl (C=O) groups is 1. The molecule has 4 nitrogen and oxygen atoms in total. The van der Waals surface area contributed by atoms with Crippen LogP contribution in [0.25, 0.3) is 0 Å². The highest BCUT2D eigenvalue weighted by Crippen LogP contribution is 2.34. The molecule has 0 saturated heterocycles. The van der Waals surface area contributed by atoms with Crippen molar-refractivity contribution in [3.8, 4) is 5.75 Å². The number of ether oxygens (including phenoxy) is 1. The van der Waals surface area contributed by atoms with E-state index < -0.39 is 0 Å². The molecule has 1 amide bonds. The molecule has 0 spiro atoms. The normalized spacial score (nSPS) is 15.7. The Hall–Kier alpha value is -1.71. The Morgan fingerprint density at radius 2 is 2.20 bits per heavy atom. The summed E-state index contributed by atoms with van der Waals surface area (Å²) in [6.07, 6.45) is 4.67. The molecule has 0 saturated carbocycles. The molecule has 2 rings (SSSR count). The summed E-state index contributed by atoms with van der Waals surface area (Å²) < 4.78 is 5.47. The largest absolute Gasteiger partial charge is 0.481 e. The van der Waals surface area contributed by atoms with Gasteiger partial charge in [-0.05, 0) is 24.5 Å². The van der Waals surface area contributed by atoms with E-state index in [0.29, 0.717) is 11.6 Å². The van der Waals surface area contributed by atoms with E-state index in [9.17, 15) is 4.79 Å². The quantitative estimate of drug-likeness (QED) is 0.812. The molecule has 2 N–H and O–H groups in total. The number of unbranched alkanes of at least 4 members (excludes halogenated alkanes) is 1. The third-order valence-electron chi connectivity index (χ3n) is 3.91. The molecule has 1 heterocycles. The SMILES string of the molecule is CCCCC(CC)CN1C(=O)COc2cc(N)ccc21. The van der Waals surface area contributed by atoms with Gasteiger partial charge in [-0.2, -0.15) is 0 Å². The Kier molecular flexibility index (Phi) is 4.88. The molecule has 0 aromatic heterocycles. The van der Waals surface area contributed by atoms with Gasteiger partial charge in [-0.25, -0.2) is 0 Å². The van der Waals surface area contributed by atoms with Crippen molar-refractivity contribution in [1.29, 1.82) is 0 Å². The van der Waals surface area contributed by atoms with Crippen molar-refractivity contribution in [1.82, 2.24) is 0 Å². The lowest BCUT2D eigenvalue weighted by molar-refractivity contribution is -0.121. The van der Waals surface area contributed by atoms with Crippen LogP contribution in [-0.2, 0) is 4.79 Å². The summed E-state index contributed by atoms with van der Waals surface area (Å²) in [6.45, 7) is 5.27. The Morgan fingerprint density at radius 3 is 2.90 bits per heavy atom. The highest BCUT2D eigenvalue weighted by atomic mass is 16.5. The van der Waals surface area contributed by atoms with Crippen LogP contribution in [0.3, 0.4) is 0 Å². The first-order chi connectivity index (χ1) is 9.65. The minimum absolute atomic E-state index is 0.0391. The van der Waals surface area contributed by atoms with Crippen molar-refractivity contribution in [2.24, 2.45) is 5.92 Å². The van der Waals surface area contributed by atoms with E-state index in [0.717, 1.165) is 24.4 Å². The lowest BCUT2D eigenvalue weighted by atomic mass is 9.98. The fourth-order valence-corrected chi connectivity index (χ4v) is 2.60. The number of hydrogen-bond donors (Lipinski definition) is 1. The van der Waals surface area contributed by atoms with Crippen LogP contribution in [0, 0.1) is 5.92 Å². The topological polar surface area (TPSA) is 55.6 Å². The summed E-state index contributed by atoms with van der Waals surface area (Å²) in [5, 5.41) is 0. The lowest BCUT2D eigenvalue weighted by Gasteiger charge is -2.32. The second kappa shape index (κ2) is 6.64. The molecule has 0 fully saturated rings. The van der Waals surface area contributed by atoms with E-state index >= 15 is 0 Å². The monoisotopic (exact) mass is 276 g/mol. The highest BCUT2D eigenvalue weighted by Gasteiger charge is 2.27. The summed E-state index contributed by atoms with van der Waals surface area (Å²) in [6, 6.07) is 5.50. The maximum Gasteiger partial charge on any atom is 0.265 e. The van der Waals surface area contributed by atoms with Gasteiger partial charge in [-0.15, -0.1) is 0 Å². The summed E-state index contributed by atoms with van der Waals surface area (Å²) in [4.78, 5) is 14.0. The smallest absolute Gasteiger partial charge is 0.265 e. The van der Waals surface area contributed by atoms with E-state index in [1.54, 1.807) is 6.07 Å². The average molecular weight is 276 g/mol. The summed E-state index contributed by atoms with van der Waals surface area (Å²) >= 11 is 0. The average Bonchev–Trinajstić information content (AvgIpc) is 2.45. The van der Waals surface area contributed by atoms with Gasteiger partial charge in [0.1, 0.15) is 5.75 Å². The van der Waals surface area contributed by atoms with Crippen molar-refractivity contribution in [2.75, 3.05) is 23.8 Å². The molecule has 1 aromatic carbocycles. The lowest BCUT2D eigenvalue weighted by Crippen LogP contribution is -2.41. The number of amides is 1. The zero-order valence-corrected chi connectivity index (χ0v) is 12.4. The van der Waals surface area contributed by atoms with Gasteiger partial charge in [0.05, 0.1) is 5.69 Å². The Bertz CT molecular complexity index is 474. The fourth-order valence-electron chi connectivity index (χ4n) is 2.60. The van der Waals surface area contributed by atoms with Crippen LogP contribution in [0.4, 0.5) is 11.4 Å². The molecule has 0 radical (unpaired) electrons. The number of fused-ring (bicyclic) bond motifs is 1. The molecule has 4 heteroatoms. The van der Waals surface area contributed by atoms with E-state index in [4.69, 9.17) is 10.5 Å². The van der Waals surface area contributed by atoms with Crippen molar-refractivity contribution in [3.63, 3.8) is 0 Å². The van der Waals surface area contributed by atoms with Crippen LogP contribution in [-0.4, -0.2) is 19.1 Å². The number of nitrogens with two attached hydrogens (primary N) is 1. The molecule has 1 aliphatic heterocycles. The molecule has 0 aliphatic carbocycles. The van der Waals surface area contributed by atoms with Gasteiger partial charge in [0.15, 0.2) is 6.61 Å². The second-order valence-corrected chi connectivity index (χ2v) is 5.44. The van der Waals surface area contributed by atoms with Crippen LogP contribution in [0.15, 0.2) is 18.2 Å². The van der Waals surface area contributed by atoms with Crippen LogP contribution >= 0.6 is 0 Å². The van der Waals surface area contributed by atoms with Gasteiger partial charge in [-0.3, -0.25) is 4.79 Å². The first-order valence-corrected chi connectivity index (χ1v) is 7.48. The third kappa shape index (κ3) is 3.24. The van der Waals surface area contributed by atoms with Gasteiger partial charge >= 0.3 is 0 Å². The van der Waals surface area contributed by atoms with Gasteiger partial charge in [0.25, 0.3) is 5.91 Å². The number of rotatable bonds is 6. The van der Waals surface area contributed by atoms with Crippen molar-refractivity contribution in [3.05, 3.63) is 18.2 Å². The number of anilines is 2. The van der Waals surface area contributed by atoms with Gasteiger partial charge < -0.3 is 15.4 Å². The highest BCUT2D eigenvalue weighted by molar-refractivity contribution is 5.98. The molecule has 0 bridgehead atoms. The van der Waals surface area contributed by atoms with E-state index in [-0.39, 0.29) is 12.5 Å². The van der Waals surface area contributed by atoms with Crippen molar-refractivity contribution < 1.29 is 9.53 Å². The fraction of sp³-hybridized carbons (Fsp3) is 0.562. The summed E-state index contributed by atoms with van der Waals surface area (Å²) in [7, 11) is 0. The van der Waals surface area contributed by atoms with E-state index in [1.807, 2.05) is 17.0 Å². The zero-order valence-electron chi connectivity index (χ0n) is 12.4. The Balaban J connectivity index is 2.16. The number of benzene rings is 1. The molecule has 110 valence electrons. The molecular formula is C16H24N2O2. The molecule has 1 atom stereocenters. The maximum absolute atomic E-state index is 12.1. The number of carbonyl (C=O) groups excluding carboxylic acids is 1. The summed E-state index contributed by atoms with van der Waals surface area (Å²) in [5.74, 6) is 1.30. The maximum atomic E-state index is 12.1. The third-order valence-corrected chi connectivity index (χ3v) is 3.91. The van der Waals surface area contributed by atoms with Crippen LogP contribution < -0.4 is 15.4 Å². The van der Waals surface area contributed by atoms with Crippen LogP contribution in [0.1, 0.15) is 39.5 Å². The second-order valence-electron chi connectivity index (χ2n) is 5.44. The molecular weight excluding hydrogens is 252 g/mol. The Labute approximate surface area is 120 Å². The molecule has 1 aromatic rings. The minimum atomic E-state index is 0.0391. The minimum Gasteiger partial charge on any atom is -0.481 e. The first-order valence-electron chi connectivity index (χ1n) is 7.48. The molecule has 1 aliphatic rings. The standard InChI is InChI=1S/C16H24N2O2/c1-3-5-6-12(4-2)10-18-14-8-7-13(17)9-15(14)20-11-16(18)19/h7-9,12H,3-6,10-11,17H2,1-2H3. The number of nitrogen functional groups attached to an aromatic ring is 1. The van der Waals surface area contributed by atoms with Crippen molar-refractivity contribution in [2.45, 2.75) is 39.5 Å². The number of hydrogen-bond acceptors (Lipinski definition) is 3. The van der Waals surface area contributed by atoms with Crippen LogP contribution in [0.2, 0.25) is 0 Å². The van der Waals surface area contributed by atoms with Gasteiger partial charge in [0, 0.05) is 18.3 Å².